The van der Waals surface area contributed by atoms with Crippen LogP contribution in [0.15, 0.2) is 41.8 Å². The van der Waals surface area contributed by atoms with Crippen LogP contribution >= 0.6 is 11.3 Å². The molecule has 0 radical (unpaired) electrons. The zero-order chi connectivity index (χ0) is 13.7. The molecule has 1 unspecified atom stereocenters. The quantitative estimate of drug-likeness (QED) is 0.724. The summed E-state index contributed by atoms with van der Waals surface area (Å²) in [6.07, 6.45) is 1.12. The second-order valence-corrected chi connectivity index (χ2v) is 5.52. The molecule has 1 aromatic heterocycles. The zero-order valence-corrected chi connectivity index (χ0v) is 12.1. The van der Waals surface area contributed by atoms with Crippen LogP contribution in [0.1, 0.15) is 41.4 Å². The van der Waals surface area contributed by atoms with Crippen molar-refractivity contribution in [2.45, 2.75) is 26.2 Å². The number of thiophene rings is 1. The molecule has 2 nitrogen and oxygen atoms in total. The highest BCUT2D eigenvalue weighted by Crippen LogP contribution is 2.21. The molecule has 1 atom stereocenters. The minimum atomic E-state index is 0.0287. The highest BCUT2D eigenvalue weighted by atomic mass is 32.1. The van der Waals surface area contributed by atoms with E-state index in [1.807, 2.05) is 29.6 Å². The Labute approximate surface area is 118 Å². The van der Waals surface area contributed by atoms with E-state index in [0.29, 0.717) is 5.92 Å². The number of Topliss-reactive ketones (excluding diaryl/α,β-unsaturated/α-hetero) is 1. The molecule has 0 amide bonds. The third-order valence-electron chi connectivity index (χ3n) is 3.23. The minimum Gasteiger partial charge on any atom is -0.485 e. The molecule has 0 N–H and O–H groups in total. The van der Waals surface area contributed by atoms with Gasteiger partial charge in [0.1, 0.15) is 5.75 Å². The molecule has 0 spiro atoms. The molecule has 2 aromatic rings. The summed E-state index contributed by atoms with van der Waals surface area (Å²) in [6, 6.07) is 11.7. The van der Waals surface area contributed by atoms with Crippen molar-refractivity contribution in [3.05, 3.63) is 52.2 Å². The van der Waals surface area contributed by atoms with E-state index in [-0.39, 0.29) is 12.4 Å². The van der Waals surface area contributed by atoms with E-state index in [4.69, 9.17) is 4.74 Å². The molecule has 0 fully saturated rings. The lowest BCUT2D eigenvalue weighted by molar-refractivity contribution is 0.0925. The van der Waals surface area contributed by atoms with E-state index in [1.165, 1.54) is 16.9 Å². The van der Waals surface area contributed by atoms with Crippen LogP contribution in [0.2, 0.25) is 0 Å². The summed E-state index contributed by atoms with van der Waals surface area (Å²) in [7, 11) is 0. The lowest BCUT2D eigenvalue weighted by atomic mass is 9.99. The van der Waals surface area contributed by atoms with Gasteiger partial charge in [0.2, 0.25) is 5.78 Å². The summed E-state index contributed by atoms with van der Waals surface area (Å²) < 4.78 is 5.52. The normalized spacial score (nSPS) is 12.1. The van der Waals surface area contributed by atoms with Crippen LogP contribution in [0.5, 0.6) is 5.75 Å². The van der Waals surface area contributed by atoms with Crippen molar-refractivity contribution < 1.29 is 9.53 Å². The standard InChI is InChI=1S/C16H18O2S/c1-3-12(2)13-6-8-14(9-7-13)18-11-15(17)16-5-4-10-19-16/h4-10,12H,3,11H2,1-2H3. The predicted molar refractivity (Wildman–Crippen MR) is 79.3 cm³/mol. The molecule has 19 heavy (non-hydrogen) atoms. The molecular weight excluding hydrogens is 256 g/mol. The van der Waals surface area contributed by atoms with Gasteiger partial charge in [-0.2, -0.15) is 0 Å². The fourth-order valence-electron chi connectivity index (χ4n) is 1.79. The average molecular weight is 274 g/mol. The Bertz CT molecular complexity index is 514. The molecule has 1 heterocycles. The summed E-state index contributed by atoms with van der Waals surface area (Å²) in [5, 5.41) is 1.90. The van der Waals surface area contributed by atoms with Gasteiger partial charge in [-0.1, -0.05) is 32.0 Å². The molecule has 0 aliphatic rings. The lowest BCUT2D eigenvalue weighted by Gasteiger charge is -2.10. The van der Waals surface area contributed by atoms with Crippen molar-refractivity contribution in [3.63, 3.8) is 0 Å². The molecule has 1 aromatic carbocycles. The van der Waals surface area contributed by atoms with Gasteiger partial charge in [0.05, 0.1) is 4.88 Å². The first-order valence-corrected chi connectivity index (χ1v) is 7.38. The Balaban J connectivity index is 1.91. The number of carbonyl (C=O) groups excluding carboxylic acids is 1. The predicted octanol–water partition coefficient (Wildman–Crippen LogP) is 4.52. The van der Waals surface area contributed by atoms with Gasteiger partial charge in [-0.3, -0.25) is 4.79 Å². The zero-order valence-electron chi connectivity index (χ0n) is 11.3. The molecular formula is C16H18O2S. The first-order chi connectivity index (χ1) is 9.20. The maximum absolute atomic E-state index is 11.8. The Hall–Kier alpha value is -1.61. The highest BCUT2D eigenvalue weighted by Gasteiger charge is 2.08. The summed E-state index contributed by atoms with van der Waals surface area (Å²) >= 11 is 1.45. The molecule has 0 aliphatic carbocycles. The van der Waals surface area contributed by atoms with Crippen molar-refractivity contribution in [2.24, 2.45) is 0 Å². The number of rotatable bonds is 6. The van der Waals surface area contributed by atoms with Gasteiger partial charge in [0, 0.05) is 0 Å². The summed E-state index contributed by atoms with van der Waals surface area (Å²) in [5.41, 5.74) is 1.31. The van der Waals surface area contributed by atoms with Gasteiger partial charge in [-0.25, -0.2) is 0 Å². The van der Waals surface area contributed by atoms with Crippen molar-refractivity contribution in [1.82, 2.24) is 0 Å². The second kappa shape index (κ2) is 6.53. The number of ketones is 1. The first-order valence-electron chi connectivity index (χ1n) is 6.50. The third-order valence-corrected chi connectivity index (χ3v) is 4.14. The molecule has 100 valence electrons. The Morgan fingerprint density at radius 1 is 1.26 bits per heavy atom. The fraction of sp³-hybridized carbons (Fsp3) is 0.312. The van der Waals surface area contributed by atoms with E-state index in [0.717, 1.165) is 17.0 Å². The topological polar surface area (TPSA) is 26.3 Å². The van der Waals surface area contributed by atoms with E-state index in [1.54, 1.807) is 0 Å². The van der Waals surface area contributed by atoms with Crippen LogP contribution in [-0.4, -0.2) is 12.4 Å². The maximum atomic E-state index is 11.8. The van der Waals surface area contributed by atoms with Gasteiger partial charge in [0.15, 0.2) is 6.61 Å². The Kier molecular flexibility index (Phi) is 4.74. The van der Waals surface area contributed by atoms with Crippen molar-refractivity contribution in [1.29, 1.82) is 0 Å². The first kappa shape index (κ1) is 13.8. The second-order valence-electron chi connectivity index (χ2n) is 4.57. The van der Waals surface area contributed by atoms with E-state index < -0.39 is 0 Å². The number of carbonyl (C=O) groups is 1. The SMILES string of the molecule is CCC(C)c1ccc(OCC(=O)c2cccs2)cc1. The fourth-order valence-corrected chi connectivity index (χ4v) is 2.44. The summed E-state index contributed by atoms with van der Waals surface area (Å²) in [6.45, 7) is 4.48. The number of benzene rings is 1. The highest BCUT2D eigenvalue weighted by molar-refractivity contribution is 7.12. The Morgan fingerprint density at radius 3 is 2.58 bits per heavy atom. The van der Waals surface area contributed by atoms with Gasteiger partial charge in [-0.05, 0) is 41.5 Å². The minimum absolute atomic E-state index is 0.0287. The molecule has 0 aliphatic heterocycles. The average Bonchev–Trinajstić information content (AvgIpc) is 2.98. The van der Waals surface area contributed by atoms with Crippen LogP contribution < -0.4 is 4.74 Å². The molecule has 0 bridgehead atoms. The van der Waals surface area contributed by atoms with Crippen LogP contribution in [-0.2, 0) is 0 Å². The third kappa shape index (κ3) is 3.67. The molecule has 0 saturated heterocycles. The summed E-state index contributed by atoms with van der Waals surface area (Å²) in [4.78, 5) is 12.5. The summed E-state index contributed by atoms with van der Waals surface area (Å²) in [5.74, 6) is 1.33. The molecule has 0 saturated carbocycles. The van der Waals surface area contributed by atoms with Crippen LogP contribution in [0.3, 0.4) is 0 Å². The Morgan fingerprint density at radius 2 is 2.00 bits per heavy atom. The van der Waals surface area contributed by atoms with Gasteiger partial charge < -0.3 is 4.74 Å². The van der Waals surface area contributed by atoms with Crippen molar-refractivity contribution >= 4 is 17.1 Å². The van der Waals surface area contributed by atoms with E-state index in [9.17, 15) is 4.79 Å². The smallest absolute Gasteiger partial charge is 0.210 e. The molecule has 2 rings (SSSR count). The van der Waals surface area contributed by atoms with Gasteiger partial charge in [-0.15, -0.1) is 11.3 Å². The van der Waals surface area contributed by atoms with E-state index >= 15 is 0 Å². The lowest BCUT2D eigenvalue weighted by Crippen LogP contribution is -2.10. The largest absolute Gasteiger partial charge is 0.485 e. The van der Waals surface area contributed by atoms with E-state index in [2.05, 4.69) is 26.0 Å². The van der Waals surface area contributed by atoms with Crippen LogP contribution in [0, 0.1) is 0 Å². The van der Waals surface area contributed by atoms with Crippen LogP contribution in [0.25, 0.3) is 0 Å². The van der Waals surface area contributed by atoms with Crippen molar-refractivity contribution in [2.75, 3.05) is 6.61 Å². The number of hydrogen-bond donors (Lipinski definition) is 0. The number of ether oxygens (including phenoxy) is 1. The van der Waals surface area contributed by atoms with Gasteiger partial charge >= 0.3 is 0 Å². The van der Waals surface area contributed by atoms with Crippen molar-refractivity contribution in [3.8, 4) is 5.75 Å². The van der Waals surface area contributed by atoms with Crippen LogP contribution in [0.4, 0.5) is 0 Å². The molecule has 3 heteroatoms. The monoisotopic (exact) mass is 274 g/mol. The maximum Gasteiger partial charge on any atom is 0.210 e. The van der Waals surface area contributed by atoms with Gasteiger partial charge in [0.25, 0.3) is 0 Å². The number of hydrogen-bond acceptors (Lipinski definition) is 3.